The number of amides is 2. The third-order valence-corrected chi connectivity index (χ3v) is 8.76. The number of nitrogens with zero attached hydrogens (tertiary/aromatic N) is 4. The van der Waals surface area contributed by atoms with Crippen LogP contribution < -0.4 is 15.5 Å². The van der Waals surface area contributed by atoms with E-state index >= 15 is 0 Å². The van der Waals surface area contributed by atoms with Gasteiger partial charge in [0.1, 0.15) is 5.82 Å². The molecule has 192 valence electrons. The Labute approximate surface area is 214 Å². The monoisotopic (exact) mass is 520 g/mol. The van der Waals surface area contributed by atoms with Crippen LogP contribution in [-0.4, -0.2) is 72.8 Å². The van der Waals surface area contributed by atoms with Gasteiger partial charge in [-0.3, -0.25) is 0 Å². The van der Waals surface area contributed by atoms with Crippen molar-refractivity contribution >= 4 is 49.2 Å². The van der Waals surface area contributed by atoms with Gasteiger partial charge in [0, 0.05) is 59.9 Å². The van der Waals surface area contributed by atoms with Gasteiger partial charge >= 0.3 is 6.03 Å². The highest BCUT2D eigenvalue weighted by atomic mass is 32.2. The number of nitrogens with one attached hydrogen (secondary N) is 2. The van der Waals surface area contributed by atoms with Crippen molar-refractivity contribution in [2.24, 2.45) is 7.05 Å². The number of ether oxygens (including phenoxy) is 1. The molecule has 2 N–H and O–H groups in total. The second-order valence-electron chi connectivity index (χ2n) is 9.57. The SMILES string of the molecule is Cn1ccc2c3nc(-c4ccc(NC(=O)NC5CCS(=O)(=O)C5)cc4)nc(N4CCOCC4)c3ccc21. The fraction of sp³-hybridized carbons (Fsp3) is 0.346. The zero-order chi connectivity index (χ0) is 25.6. The number of carbonyl (C=O) groups is 1. The normalized spacial score (nSPS) is 19.4. The molecule has 2 fully saturated rings. The Morgan fingerprint density at radius 3 is 2.54 bits per heavy atom. The van der Waals surface area contributed by atoms with Gasteiger partial charge in [0.2, 0.25) is 0 Å². The Bertz CT molecular complexity index is 1590. The highest BCUT2D eigenvalue weighted by molar-refractivity contribution is 7.91. The Morgan fingerprint density at radius 1 is 1.03 bits per heavy atom. The summed E-state index contributed by atoms with van der Waals surface area (Å²) < 4.78 is 30.9. The molecule has 0 bridgehead atoms. The number of fused-ring (bicyclic) bond motifs is 3. The van der Waals surface area contributed by atoms with E-state index in [9.17, 15) is 13.2 Å². The first-order chi connectivity index (χ1) is 17.9. The second-order valence-corrected chi connectivity index (χ2v) is 11.8. The molecule has 1 unspecified atom stereocenters. The van der Waals surface area contributed by atoms with Crippen molar-refractivity contribution in [1.29, 1.82) is 0 Å². The maximum Gasteiger partial charge on any atom is 0.319 e. The summed E-state index contributed by atoms with van der Waals surface area (Å²) in [5.41, 5.74) is 3.43. The molecule has 37 heavy (non-hydrogen) atoms. The molecular weight excluding hydrogens is 492 g/mol. The average molecular weight is 521 g/mol. The van der Waals surface area contributed by atoms with Gasteiger partial charge in [0.05, 0.1) is 30.2 Å². The lowest BCUT2D eigenvalue weighted by atomic mass is 10.1. The van der Waals surface area contributed by atoms with Crippen molar-refractivity contribution in [3.8, 4) is 11.4 Å². The first-order valence-electron chi connectivity index (χ1n) is 12.3. The van der Waals surface area contributed by atoms with Gasteiger partial charge < -0.3 is 24.8 Å². The van der Waals surface area contributed by atoms with Crippen LogP contribution in [0.15, 0.2) is 48.7 Å². The lowest BCUT2D eigenvalue weighted by Crippen LogP contribution is -2.38. The molecule has 2 aliphatic rings. The summed E-state index contributed by atoms with van der Waals surface area (Å²) in [7, 11) is -1.04. The summed E-state index contributed by atoms with van der Waals surface area (Å²) in [5.74, 6) is 1.60. The number of rotatable bonds is 4. The zero-order valence-electron chi connectivity index (χ0n) is 20.5. The zero-order valence-corrected chi connectivity index (χ0v) is 21.3. The van der Waals surface area contributed by atoms with E-state index in [0.29, 0.717) is 31.1 Å². The van der Waals surface area contributed by atoms with Crippen LogP contribution in [0.2, 0.25) is 0 Å². The van der Waals surface area contributed by atoms with Crippen molar-refractivity contribution in [2.75, 3.05) is 48.0 Å². The van der Waals surface area contributed by atoms with E-state index in [0.717, 1.165) is 46.3 Å². The highest BCUT2D eigenvalue weighted by Crippen LogP contribution is 2.33. The van der Waals surface area contributed by atoms with Gasteiger partial charge in [-0.15, -0.1) is 0 Å². The lowest BCUT2D eigenvalue weighted by Gasteiger charge is -2.29. The predicted octanol–water partition coefficient (Wildman–Crippen LogP) is 2.93. The van der Waals surface area contributed by atoms with Gasteiger partial charge in [-0.05, 0) is 48.9 Å². The molecule has 0 spiro atoms. The van der Waals surface area contributed by atoms with Crippen LogP contribution in [0.3, 0.4) is 0 Å². The molecule has 11 heteroatoms. The van der Waals surface area contributed by atoms with Crippen molar-refractivity contribution in [2.45, 2.75) is 12.5 Å². The van der Waals surface area contributed by atoms with E-state index in [1.807, 2.05) is 25.4 Å². The molecular formula is C26H28N6O4S. The first kappa shape index (κ1) is 23.7. The highest BCUT2D eigenvalue weighted by Gasteiger charge is 2.29. The van der Waals surface area contributed by atoms with Crippen LogP contribution in [0.1, 0.15) is 6.42 Å². The molecule has 2 amide bonds. The third kappa shape index (κ3) is 4.72. The topological polar surface area (TPSA) is 118 Å². The van der Waals surface area contributed by atoms with E-state index in [1.165, 1.54) is 0 Å². The van der Waals surface area contributed by atoms with Crippen LogP contribution >= 0.6 is 0 Å². The lowest BCUT2D eigenvalue weighted by molar-refractivity contribution is 0.122. The summed E-state index contributed by atoms with van der Waals surface area (Å²) in [6.45, 7) is 2.84. The molecule has 1 atom stereocenters. The van der Waals surface area contributed by atoms with Crippen molar-refractivity contribution < 1.29 is 17.9 Å². The number of hydrogen-bond donors (Lipinski definition) is 2. The average Bonchev–Trinajstić information content (AvgIpc) is 3.45. The first-order valence-corrected chi connectivity index (χ1v) is 14.2. The van der Waals surface area contributed by atoms with Gasteiger partial charge in [0.15, 0.2) is 15.7 Å². The largest absolute Gasteiger partial charge is 0.378 e. The molecule has 2 aliphatic heterocycles. The quantitative estimate of drug-likeness (QED) is 0.425. The Kier molecular flexibility index (Phi) is 5.96. The number of aromatic nitrogens is 3. The van der Waals surface area contributed by atoms with E-state index in [4.69, 9.17) is 14.7 Å². The molecule has 10 nitrogen and oxygen atoms in total. The molecule has 2 saturated heterocycles. The van der Waals surface area contributed by atoms with Crippen molar-refractivity contribution in [3.63, 3.8) is 0 Å². The number of sulfone groups is 1. The number of hydrogen-bond acceptors (Lipinski definition) is 7. The maximum atomic E-state index is 12.4. The molecule has 2 aromatic carbocycles. The minimum absolute atomic E-state index is 0.0151. The molecule has 0 radical (unpaired) electrons. The van der Waals surface area contributed by atoms with Crippen molar-refractivity contribution in [3.05, 3.63) is 48.7 Å². The number of urea groups is 1. The van der Waals surface area contributed by atoms with Gasteiger partial charge in [-0.25, -0.2) is 23.2 Å². The second kappa shape index (κ2) is 9.31. The number of benzene rings is 2. The van der Waals surface area contributed by atoms with Crippen LogP contribution in [-0.2, 0) is 21.6 Å². The number of carbonyl (C=O) groups excluding carboxylic acids is 1. The van der Waals surface area contributed by atoms with Crippen LogP contribution in [0.4, 0.5) is 16.3 Å². The van der Waals surface area contributed by atoms with E-state index < -0.39 is 15.9 Å². The molecule has 4 heterocycles. The van der Waals surface area contributed by atoms with E-state index in [-0.39, 0.29) is 17.5 Å². The van der Waals surface area contributed by atoms with E-state index in [2.05, 4.69) is 38.3 Å². The van der Waals surface area contributed by atoms with Gasteiger partial charge in [-0.2, -0.15) is 0 Å². The van der Waals surface area contributed by atoms with Crippen LogP contribution in [0, 0.1) is 0 Å². The summed E-state index contributed by atoms with van der Waals surface area (Å²) in [6.07, 6.45) is 2.47. The van der Waals surface area contributed by atoms with Gasteiger partial charge in [0.25, 0.3) is 0 Å². The standard InChI is InChI=1S/C26H28N6O4S/c1-31-10-8-20-22(31)7-6-21-23(20)29-24(30-25(21)32-11-13-36-14-12-32)17-2-4-18(5-3-17)27-26(33)28-19-9-15-37(34,35)16-19/h2-8,10,19H,9,11-16H2,1H3,(H2,27,28,33). The molecule has 2 aromatic heterocycles. The Morgan fingerprint density at radius 2 is 1.81 bits per heavy atom. The van der Waals surface area contributed by atoms with E-state index in [1.54, 1.807) is 12.1 Å². The summed E-state index contributed by atoms with van der Waals surface area (Å²) in [5, 5.41) is 7.60. The summed E-state index contributed by atoms with van der Waals surface area (Å²) in [4.78, 5) is 24.6. The minimum Gasteiger partial charge on any atom is -0.378 e. The van der Waals surface area contributed by atoms with Gasteiger partial charge in [-0.1, -0.05) is 0 Å². The molecule has 0 aliphatic carbocycles. The molecule has 6 rings (SSSR count). The number of morpholine rings is 1. The molecule has 0 saturated carbocycles. The Hall–Kier alpha value is -3.70. The third-order valence-electron chi connectivity index (χ3n) is 6.99. The smallest absolute Gasteiger partial charge is 0.319 e. The maximum absolute atomic E-state index is 12.4. The number of aryl methyl sites for hydroxylation is 1. The Balaban J connectivity index is 1.30. The van der Waals surface area contributed by atoms with Crippen LogP contribution in [0.5, 0.6) is 0 Å². The molecule has 4 aromatic rings. The van der Waals surface area contributed by atoms with Crippen LogP contribution in [0.25, 0.3) is 33.2 Å². The summed E-state index contributed by atoms with van der Waals surface area (Å²) >= 11 is 0. The summed E-state index contributed by atoms with van der Waals surface area (Å²) in [6, 6.07) is 12.9. The fourth-order valence-electron chi connectivity index (χ4n) is 5.04. The minimum atomic E-state index is -3.06. The number of anilines is 2. The predicted molar refractivity (Wildman–Crippen MR) is 144 cm³/mol. The fourth-order valence-corrected chi connectivity index (χ4v) is 6.71. The van der Waals surface area contributed by atoms with Crippen molar-refractivity contribution in [1.82, 2.24) is 19.9 Å².